The third-order valence-corrected chi connectivity index (χ3v) is 5.25. The summed E-state index contributed by atoms with van der Waals surface area (Å²) < 4.78 is 5.77. The highest BCUT2D eigenvalue weighted by Gasteiger charge is 2.23. The summed E-state index contributed by atoms with van der Waals surface area (Å²) >= 11 is 5.58. The largest absolute Gasteiger partial charge is 0.494 e. The minimum Gasteiger partial charge on any atom is -0.494 e. The van der Waals surface area contributed by atoms with Crippen LogP contribution in [0.25, 0.3) is 0 Å². The lowest BCUT2D eigenvalue weighted by Gasteiger charge is -2.32. The van der Waals surface area contributed by atoms with Gasteiger partial charge in [-0.2, -0.15) is 0 Å². The molecule has 0 aliphatic carbocycles. The number of ether oxygens (including phenoxy) is 1. The van der Waals surface area contributed by atoms with Crippen LogP contribution in [0.1, 0.15) is 58.4 Å². The van der Waals surface area contributed by atoms with Gasteiger partial charge in [-0.25, -0.2) is 0 Å². The monoisotopic (exact) mass is 408 g/mol. The quantitative estimate of drug-likeness (QED) is 0.524. The average Bonchev–Trinajstić information content (AvgIpc) is 2.65. The summed E-state index contributed by atoms with van der Waals surface area (Å²) in [4.78, 5) is 25.8. The van der Waals surface area contributed by atoms with E-state index in [2.05, 4.69) is 38.2 Å². The zero-order chi connectivity index (χ0) is 20.6. The lowest BCUT2D eigenvalue weighted by atomic mass is 9.87. The van der Waals surface area contributed by atoms with Crippen LogP contribution >= 0.6 is 11.6 Å². The summed E-state index contributed by atoms with van der Waals surface area (Å²) in [6, 6.07) is 8.32. The fourth-order valence-corrected chi connectivity index (χ4v) is 3.45. The van der Waals surface area contributed by atoms with Crippen LogP contribution in [0, 0.1) is 0 Å². The lowest BCUT2D eigenvalue weighted by Crippen LogP contribution is -2.46. The predicted octanol–water partition coefficient (Wildman–Crippen LogP) is 3.88. The first-order valence-electron chi connectivity index (χ1n) is 10.2. The minimum absolute atomic E-state index is 0.00698. The van der Waals surface area contributed by atoms with Crippen molar-refractivity contribution in [2.24, 2.45) is 0 Å². The summed E-state index contributed by atoms with van der Waals surface area (Å²) in [6.07, 6.45) is 3.14. The number of nitrogens with zero attached hydrogens (tertiary/aromatic N) is 1. The average molecular weight is 409 g/mol. The van der Waals surface area contributed by atoms with Crippen molar-refractivity contribution in [2.75, 3.05) is 25.6 Å². The van der Waals surface area contributed by atoms with Gasteiger partial charge >= 0.3 is 0 Å². The molecule has 1 saturated heterocycles. The Kier molecular flexibility index (Phi) is 8.61. The van der Waals surface area contributed by atoms with Crippen molar-refractivity contribution < 1.29 is 14.3 Å². The smallest absolute Gasteiger partial charge is 0.222 e. The second-order valence-electron chi connectivity index (χ2n) is 8.39. The molecule has 1 aromatic rings. The Balaban J connectivity index is 1.63. The minimum atomic E-state index is -0.00698. The molecule has 1 N–H and O–H groups in total. The van der Waals surface area contributed by atoms with Crippen molar-refractivity contribution in [2.45, 2.75) is 64.3 Å². The van der Waals surface area contributed by atoms with E-state index in [0.29, 0.717) is 44.8 Å². The number of hydrogen-bond acceptors (Lipinski definition) is 3. The molecule has 2 rings (SSSR count). The molecule has 0 unspecified atom stereocenters. The molecule has 1 heterocycles. The second-order valence-corrected chi connectivity index (χ2v) is 8.77. The normalized spacial score (nSPS) is 15.4. The van der Waals surface area contributed by atoms with Gasteiger partial charge in [0.05, 0.1) is 6.61 Å². The predicted molar refractivity (Wildman–Crippen MR) is 113 cm³/mol. The van der Waals surface area contributed by atoms with E-state index in [1.54, 1.807) is 0 Å². The molecular formula is C22H33ClN2O3. The van der Waals surface area contributed by atoms with Gasteiger partial charge in [0.1, 0.15) is 5.75 Å². The van der Waals surface area contributed by atoms with Crippen LogP contribution in [-0.4, -0.2) is 48.3 Å². The van der Waals surface area contributed by atoms with E-state index < -0.39 is 0 Å². The Morgan fingerprint density at radius 1 is 1.14 bits per heavy atom. The highest BCUT2D eigenvalue weighted by molar-refractivity contribution is 6.18. The fraction of sp³-hybridized carbons (Fsp3) is 0.636. The molecule has 1 aliphatic rings. The number of piperidine rings is 1. The maximum Gasteiger partial charge on any atom is 0.222 e. The van der Waals surface area contributed by atoms with Crippen LogP contribution in [-0.2, 0) is 15.0 Å². The summed E-state index contributed by atoms with van der Waals surface area (Å²) in [5, 5.41) is 2.98. The SMILES string of the molecule is CC(C)(C)c1ccc(OCCCC(=O)N2CCC(NC(=O)CCCl)CC2)cc1. The van der Waals surface area contributed by atoms with Crippen molar-refractivity contribution in [3.05, 3.63) is 29.8 Å². The number of carbonyl (C=O) groups excluding carboxylic acids is 2. The van der Waals surface area contributed by atoms with Crippen LogP contribution in [0.4, 0.5) is 0 Å². The molecule has 0 saturated carbocycles. The summed E-state index contributed by atoms with van der Waals surface area (Å²) in [7, 11) is 0. The zero-order valence-corrected chi connectivity index (χ0v) is 18.1. The first-order chi connectivity index (χ1) is 13.3. The number of likely N-dealkylation sites (tertiary alicyclic amines) is 1. The van der Waals surface area contributed by atoms with E-state index in [0.717, 1.165) is 18.6 Å². The topological polar surface area (TPSA) is 58.6 Å². The number of alkyl halides is 1. The van der Waals surface area contributed by atoms with E-state index in [1.165, 1.54) is 5.56 Å². The number of rotatable bonds is 8. The Labute approximate surface area is 173 Å². The number of amides is 2. The van der Waals surface area contributed by atoms with E-state index in [1.807, 2.05) is 17.0 Å². The van der Waals surface area contributed by atoms with Gasteiger partial charge in [-0.05, 0) is 42.4 Å². The molecule has 6 heteroatoms. The summed E-state index contributed by atoms with van der Waals surface area (Å²) in [5.74, 6) is 1.34. The first-order valence-corrected chi connectivity index (χ1v) is 10.7. The van der Waals surface area contributed by atoms with E-state index >= 15 is 0 Å². The van der Waals surface area contributed by atoms with Gasteiger partial charge in [0.15, 0.2) is 0 Å². The molecule has 5 nitrogen and oxygen atoms in total. The van der Waals surface area contributed by atoms with Gasteiger partial charge in [-0.1, -0.05) is 32.9 Å². The molecule has 2 amide bonds. The van der Waals surface area contributed by atoms with Crippen molar-refractivity contribution in [1.29, 1.82) is 0 Å². The molecule has 0 atom stereocenters. The highest BCUT2D eigenvalue weighted by atomic mass is 35.5. The number of carbonyl (C=O) groups is 2. The van der Waals surface area contributed by atoms with Gasteiger partial charge < -0.3 is 15.0 Å². The third kappa shape index (κ3) is 7.34. The van der Waals surface area contributed by atoms with Crippen molar-refractivity contribution >= 4 is 23.4 Å². The molecule has 1 fully saturated rings. The Hall–Kier alpha value is -1.75. The molecule has 1 aromatic carbocycles. The molecule has 0 spiro atoms. The second kappa shape index (κ2) is 10.7. The number of benzene rings is 1. The van der Waals surface area contributed by atoms with Crippen molar-refractivity contribution in [3.8, 4) is 5.75 Å². The third-order valence-electron chi connectivity index (χ3n) is 5.06. The van der Waals surface area contributed by atoms with Crippen LogP contribution in [0.15, 0.2) is 24.3 Å². The Morgan fingerprint density at radius 2 is 1.79 bits per heavy atom. The summed E-state index contributed by atoms with van der Waals surface area (Å²) in [6.45, 7) is 8.48. The maximum absolute atomic E-state index is 12.4. The number of hydrogen-bond donors (Lipinski definition) is 1. The lowest BCUT2D eigenvalue weighted by molar-refractivity contribution is -0.132. The first kappa shape index (κ1) is 22.5. The van der Waals surface area contributed by atoms with Gasteiger partial charge in [0.25, 0.3) is 0 Å². The fourth-order valence-electron chi connectivity index (χ4n) is 3.28. The molecule has 1 aliphatic heterocycles. The van der Waals surface area contributed by atoms with Crippen molar-refractivity contribution in [3.63, 3.8) is 0 Å². The molecule has 0 aromatic heterocycles. The highest BCUT2D eigenvalue weighted by Crippen LogP contribution is 2.24. The molecule has 0 bridgehead atoms. The van der Waals surface area contributed by atoms with E-state index in [4.69, 9.17) is 16.3 Å². The van der Waals surface area contributed by atoms with Crippen LogP contribution in [0.2, 0.25) is 0 Å². The molecule has 156 valence electrons. The van der Waals surface area contributed by atoms with Crippen LogP contribution < -0.4 is 10.1 Å². The van der Waals surface area contributed by atoms with Crippen molar-refractivity contribution in [1.82, 2.24) is 10.2 Å². The maximum atomic E-state index is 12.4. The van der Waals surface area contributed by atoms with Gasteiger partial charge in [0, 0.05) is 37.9 Å². The van der Waals surface area contributed by atoms with Crippen LogP contribution in [0.5, 0.6) is 5.75 Å². The molecule has 28 heavy (non-hydrogen) atoms. The molecule has 0 radical (unpaired) electrons. The number of halogens is 1. The molecular weight excluding hydrogens is 376 g/mol. The van der Waals surface area contributed by atoms with Gasteiger partial charge in [-0.3, -0.25) is 9.59 Å². The Morgan fingerprint density at radius 3 is 2.36 bits per heavy atom. The zero-order valence-electron chi connectivity index (χ0n) is 17.3. The Bertz CT molecular complexity index is 632. The number of nitrogens with one attached hydrogen (secondary N) is 1. The van der Waals surface area contributed by atoms with Gasteiger partial charge in [0.2, 0.25) is 11.8 Å². The summed E-state index contributed by atoms with van der Waals surface area (Å²) in [5.41, 5.74) is 1.41. The van der Waals surface area contributed by atoms with Gasteiger partial charge in [-0.15, -0.1) is 11.6 Å². The standard InChI is InChI=1S/C22H33ClN2O3/c1-22(2,3)17-6-8-19(9-7-17)28-16-4-5-21(27)25-14-11-18(12-15-25)24-20(26)10-13-23/h6-9,18H,4-5,10-16H2,1-3H3,(H,24,26). The van der Waals surface area contributed by atoms with E-state index in [-0.39, 0.29) is 23.3 Å². The van der Waals surface area contributed by atoms with Crippen LogP contribution in [0.3, 0.4) is 0 Å². The van der Waals surface area contributed by atoms with E-state index in [9.17, 15) is 9.59 Å².